The number of hydrogen-bond acceptors (Lipinski definition) is 2. The van der Waals surface area contributed by atoms with Gasteiger partial charge in [-0.1, -0.05) is 12.1 Å². The van der Waals surface area contributed by atoms with Gasteiger partial charge in [0.1, 0.15) is 5.82 Å². The van der Waals surface area contributed by atoms with Gasteiger partial charge < -0.3 is 9.80 Å². The summed E-state index contributed by atoms with van der Waals surface area (Å²) in [5.41, 5.74) is 0.0377. The Morgan fingerprint density at radius 1 is 0.720 bits per heavy atom. The van der Waals surface area contributed by atoms with Crippen LogP contribution in [0.2, 0.25) is 0 Å². The van der Waals surface area contributed by atoms with E-state index in [1.807, 2.05) is 0 Å². The van der Waals surface area contributed by atoms with E-state index in [0.29, 0.717) is 0 Å². The average Bonchev–Trinajstić information content (AvgIpc) is 2.63. The molecule has 1 saturated heterocycles. The summed E-state index contributed by atoms with van der Waals surface area (Å²) >= 11 is 0. The number of carbonyl (C=O) groups excluding carboxylic acids is 2. The second-order valence-corrected chi connectivity index (χ2v) is 5.69. The van der Waals surface area contributed by atoms with Crippen LogP contribution in [0.4, 0.5) is 13.2 Å². The van der Waals surface area contributed by atoms with Crippen molar-refractivity contribution < 1.29 is 22.8 Å². The Morgan fingerprint density at radius 2 is 1.32 bits per heavy atom. The second kappa shape index (κ2) is 6.96. The van der Waals surface area contributed by atoms with Crippen molar-refractivity contribution >= 4 is 11.8 Å². The molecule has 1 aliphatic heterocycles. The van der Waals surface area contributed by atoms with Gasteiger partial charge in [0.15, 0.2) is 11.6 Å². The van der Waals surface area contributed by atoms with Crippen molar-refractivity contribution in [2.75, 3.05) is 26.2 Å². The summed E-state index contributed by atoms with van der Waals surface area (Å²) in [6.07, 6.45) is 0. The maximum Gasteiger partial charge on any atom is 0.256 e. The summed E-state index contributed by atoms with van der Waals surface area (Å²) in [6.45, 7) is 0.946. The highest BCUT2D eigenvalue weighted by Crippen LogP contribution is 2.15. The van der Waals surface area contributed by atoms with Gasteiger partial charge in [0.2, 0.25) is 0 Å². The number of amides is 2. The van der Waals surface area contributed by atoms with Crippen LogP contribution in [0.3, 0.4) is 0 Å². The monoisotopic (exact) mass is 348 g/mol. The van der Waals surface area contributed by atoms with Crippen molar-refractivity contribution in [2.45, 2.75) is 0 Å². The van der Waals surface area contributed by atoms with Gasteiger partial charge in [-0.15, -0.1) is 0 Å². The highest BCUT2D eigenvalue weighted by Gasteiger charge is 2.27. The van der Waals surface area contributed by atoms with E-state index in [1.165, 1.54) is 34.1 Å². The number of rotatable bonds is 2. The third-order valence-electron chi connectivity index (χ3n) is 4.12. The molecular formula is C18H15F3N2O2. The second-order valence-electron chi connectivity index (χ2n) is 5.69. The Bertz CT molecular complexity index is 818. The van der Waals surface area contributed by atoms with E-state index >= 15 is 0 Å². The first-order valence-corrected chi connectivity index (χ1v) is 7.75. The smallest absolute Gasteiger partial charge is 0.256 e. The molecule has 0 unspecified atom stereocenters. The topological polar surface area (TPSA) is 40.6 Å². The molecule has 0 saturated carbocycles. The van der Waals surface area contributed by atoms with Crippen molar-refractivity contribution in [1.29, 1.82) is 0 Å². The van der Waals surface area contributed by atoms with Crippen LogP contribution in [0.5, 0.6) is 0 Å². The maximum absolute atomic E-state index is 13.7. The summed E-state index contributed by atoms with van der Waals surface area (Å²) in [7, 11) is 0. The van der Waals surface area contributed by atoms with Gasteiger partial charge in [0.05, 0.1) is 5.56 Å². The Labute approximate surface area is 142 Å². The minimum absolute atomic E-state index is 0.0112. The molecule has 130 valence electrons. The molecule has 3 rings (SSSR count). The van der Waals surface area contributed by atoms with Crippen LogP contribution < -0.4 is 0 Å². The molecule has 1 heterocycles. The molecule has 0 atom stereocenters. The molecule has 2 amide bonds. The lowest BCUT2D eigenvalue weighted by molar-refractivity contribution is 0.0532. The third kappa shape index (κ3) is 3.50. The van der Waals surface area contributed by atoms with Crippen LogP contribution in [0.1, 0.15) is 20.7 Å². The van der Waals surface area contributed by atoms with Crippen LogP contribution in [-0.4, -0.2) is 47.8 Å². The molecule has 0 spiro atoms. The van der Waals surface area contributed by atoms with Gasteiger partial charge in [-0.05, 0) is 30.3 Å². The Morgan fingerprint density at radius 3 is 1.92 bits per heavy atom. The van der Waals surface area contributed by atoms with E-state index in [4.69, 9.17) is 0 Å². The molecule has 7 heteroatoms. The predicted molar refractivity (Wildman–Crippen MR) is 84.6 cm³/mol. The number of nitrogens with zero attached hydrogens (tertiary/aromatic N) is 2. The summed E-state index contributed by atoms with van der Waals surface area (Å²) in [6, 6.07) is 8.70. The fourth-order valence-electron chi connectivity index (χ4n) is 2.73. The largest absolute Gasteiger partial charge is 0.335 e. The number of halogens is 3. The zero-order valence-electron chi connectivity index (χ0n) is 13.2. The predicted octanol–water partition coefficient (Wildman–Crippen LogP) is 2.70. The third-order valence-corrected chi connectivity index (χ3v) is 4.12. The molecule has 0 N–H and O–H groups in total. The van der Waals surface area contributed by atoms with Crippen molar-refractivity contribution in [3.8, 4) is 0 Å². The maximum atomic E-state index is 13.7. The summed E-state index contributed by atoms with van der Waals surface area (Å²) < 4.78 is 39.9. The van der Waals surface area contributed by atoms with Gasteiger partial charge in [0.25, 0.3) is 11.8 Å². The lowest BCUT2D eigenvalue weighted by Gasteiger charge is -2.35. The molecule has 25 heavy (non-hydrogen) atoms. The Kier molecular flexibility index (Phi) is 4.74. The van der Waals surface area contributed by atoms with E-state index in [0.717, 1.165) is 12.1 Å². The molecule has 1 fully saturated rings. The van der Waals surface area contributed by atoms with Crippen LogP contribution in [0.15, 0.2) is 42.5 Å². The summed E-state index contributed by atoms with van der Waals surface area (Å²) in [5, 5.41) is 0. The highest BCUT2D eigenvalue weighted by molar-refractivity contribution is 5.96. The Hall–Kier alpha value is -2.83. The molecule has 0 bridgehead atoms. The van der Waals surface area contributed by atoms with Crippen LogP contribution in [0, 0.1) is 17.5 Å². The first kappa shape index (κ1) is 17.0. The van der Waals surface area contributed by atoms with Crippen LogP contribution in [-0.2, 0) is 0 Å². The molecule has 0 aromatic heterocycles. The van der Waals surface area contributed by atoms with E-state index in [2.05, 4.69) is 0 Å². The SMILES string of the molecule is O=C(c1ccc(F)c(F)c1)N1CCN(C(=O)c2ccccc2F)CC1. The number of piperazine rings is 1. The fraction of sp³-hybridized carbons (Fsp3) is 0.222. The first-order chi connectivity index (χ1) is 12.0. The van der Waals surface area contributed by atoms with Crippen molar-refractivity contribution in [3.63, 3.8) is 0 Å². The standard InChI is InChI=1S/C18H15F3N2O2/c19-14-4-2-1-3-13(14)18(25)23-9-7-22(8-10-23)17(24)12-5-6-15(20)16(21)11-12/h1-6,11H,7-10H2. The lowest BCUT2D eigenvalue weighted by atomic mass is 10.1. The quantitative estimate of drug-likeness (QED) is 0.837. The normalized spacial score (nSPS) is 14.5. The number of benzene rings is 2. The fourth-order valence-corrected chi connectivity index (χ4v) is 2.73. The van der Waals surface area contributed by atoms with E-state index < -0.39 is 29.3 Å². The van der Waals surface area contributed by atoms with Crippen molar-refractivity contribution in [2.24, 2.45) is 0 Å². The van der Waals surface area contributed by atoms with E-state index in [1.54, 1.807) is 6.07 Å². The first-order valence-electron chi connectivity index (χ1n) is 7.75. The molecule has 0 aliphatic carbocycles. The van der Waals surface area contributed by atoms with Crippen LogP contribution >= 0.6 is 0 Å². The number of carbonyl (C=O) groups is 2. The molecular weight excluding hydrogens is 333 g/mol. The zero-order valence-corrected chi connectivity index (χ0v) is 13.2. The molecule has 2 aromatic rings. The van der Waals surface area contributed by atoms with Gasteiger partial charge in [-0.25, -0.2) is 13.2 Å². The van der Waals surface area contributed by atoms with Crippen molar-refractivity contribution in [3.05, 3.63) is 71.0 Å². The Balaban J connectivity index is 1.65. The van der Waals surface area contributed by atoms with Gasteiger partial charge in [0, 0.05) is 31.7 Å². The molecule has 4 nitrogen and oxygen atoms in total. The van der Waals surface area contributed by atoms with Gasteiger partial charge in [-0.3, -0.25) is 9.59 Å². The summed E-state index contributed by atoms with van der Waals surface area (Å²) in [4.78, 5) is 27.6. The molecule has 0 radical (unpaired) electrons. The zero-order chi connectivity index (χ0) is 18.0. The highest BCUT2D eigenvalue weighted by atomic mass is 19.2. The summed E-state index contributed by atoms with van der Waals surface area (Å²) in [5.74, 6) is -3.56. The van der Waals surface area contributed by atoms with Crippen LogP contribution in [0.25, 0.3) is 0 Å². The molecule has 1 aliphatic rings. The van der Waals surface area contributed by atoms with E-state index in [9.17, 15) is 22.8 Å². The van der Waals surface area contributed by atoms with E-state index in [-0.39, 0.29) is 37.3 Å². The number of hydrogen-bond donors (Lipinski definition) is 0. The van der Waals surface area contributed by atoms with Crippen molar-refractivity contribution in [1.82, 2.24) is 9.80 Å². The van der Waals surface area contributed by atoms with Gasteiger partial charge >= 0.3 is 0 Å². The minimum Gasteiger partial charge on any atom is -0.335 e. The molecule has 2 aromatic carbocycles. The minimum atomic E-state index is -1.08. The lowest BCUT2D eigenvalue weighted by Crippen LogP contribution is -2.50. The van der Waals surface area contributed by atoms with Gasteiger partial charge in [-0.2, -0.15) is 0 Å². The average molecular weight is 348 g/mol.